The van der Waals surface area contributed by atoms with Gasteiger partial charge in [0, 0.05) is 11.8 Å². The van der Waals surface area contributed by atoms with E-state index >= 15 is 0 Å². The van der Waals surface area contributed by atoms with Crippen molar-refractivity contribution in [3.05, 3.63) is 75.8 Å². The predicted octanol–water partition coefficient (Wildman–Crippen LogP) is 3.27. The second-order valence-corrected chi connectivity index (χ2v) is 5.34. The van der Waals surface area contributed by atoms with Crippen LogP contribution < -0.4 is 10.9 Å². The van der Waals surface area contributed by atoms with E-state index in [-0.39, 0.29) is 11.3 Å². The van der Waals surface area contributed by atoms with E-state index in [2.05, 4.69) is 10.3 Å². The lowest BCUT2D eigenvalue weighted by atomic mass is 10.1. The molecule has 0 radical (unpaired) electrons. The molecule has 0 unspecified atom stereocenters. The normalized spacial score (nSPS) is 11.5. The van der Waals surface area contributed by atoms with Crippen molar-refractivity contribution in [2.45, 2.75) is 13.1 Å². The van der Waals surface area contributed by atoms with Crippen LogP contribution >= 0.6 is 0 Å². The minimum absolute atomic E-state index is 0.00459. The summed E-state index contributed by atoms with van der Waals surface area (Å²) in [4.78, 5) is 28.9. The number of nitrogens with one attached hydrogen (secondary N) is 1. The highest BCUT2D eigenvalue weighted by atomic mass is 19.4. The Balaban J connectivity index is 1.93. The SMILES string of the molecule is Cc1nc2ccccn2c(=O)c1NC(=O)c1ccc(C(F)(F)F)cc1. The molecular formula is C17H12F3N3O2. The van der Waals surface area contributed by atoms with Gasteiger partial charge in [-0.15, -0.1) is 0 Å². The Morgan fingerprint density at radius 3 is 2.44 bits per heavy atom. The lowest BCUT2D eigenvalue weighted by Crippen LogP contribution is -2.25. The highest BCUT2D eigenvalue weighted by Crippen LogP contribution is 2.29. The van der Waals surface area contributed by atoms with E-state index < -0.39 is 23.2 Å². The van der Waals surface area contributed by atoms with Gasteiger partial charge in [0.25, 0.3) is 11.5 Å². The zero-order chi connectivity index (χ0) is 18.2. The first-order chi connectivity index (χ1) is 11.8. The van der Waals surface area contributed by atoms with E-state index in [1.165, 1.54) is 10.6 Å². The van der Waals surface area contributed by atoms with Crippen molar-refractivity contribution >= 4 is 17.2 Å². The molecule has 25 heavy (non-hydrogen) atoms. The molecule has 0 aliphatic carbocycles. The largest absolute Gasteiger partial charge is 0.416 e. The zero-order valence-electron chi connectivity index (χ0n) is 13.0. The van der Waals surface area contributed by atoms with Crippen LogP contribution in [-0.4, -0.2) is 15.3 Å². The highest BCUT2D eigenvalue weighted by Gasteiger charge is 2.30. The summed E-state index contributed by atoms with van der Waals surface area (Å²) in [7, 11) is 0. The van der Waals surface area contributed by atoms with Crippen LogP contribution in [0, 0.1) is 6.92 Å². The molecule has 128 valence electrons. The van der Waals surface area contributed by atoms with Crippen molar-refractivity contribution in [2.75, 3.05) is 5.32 Å². The molecule has 1 amide bonds. The molecule has 0 aliphatic heterocycles. The molecule has 0 atom stereocenters. The molecule has 3 rings (SSSR count). The number of nitrogens with zero attached hydrogens (tertiary/aromatic N) is 2. The maximum absolute atomic E-state index is 12.6. The molecule has 0 spiro atoms. The Morgan fingerprint density at radius 2 is 1.80 bits per heavy atom. The number of fused-ring (bicyclic) bond motifs is 1. The van der Waals surface area contributed by atoms with Gasteiger partial charge in [-0.2, -0.15) is 13.2 Å². The number of hydrogen-bond acceptors (Lipinski definition) is 3. The summed E-state index contributed by atoms with van der Waals surface area (Å²) in [6, 6.07) is 8.75. The highest BCUT2D eigenvalue weighted by molar-refractivity contribution is 6.04. The maximum atomic E-state index is 12.6. The summed E-state index contributed by atoms with van der Waals surface area (Å²) >= 11 is 0. The van der Waals surface area contributed by atoms with Crippen LogP contribution in [0.3, 0.4) is 0 Å². The fourth-order valence-corrected chi connectivity index (χ4v) is 2.34. The third-order valence-corrected chi connectivity index (χ3v) is 3.63. The van der Waals surface area contributed by atoms with E-state index in [0.717, 1.165) is 24.3 Å². The number of hydrogen-bond donors (Lipinski definition) is 1. The number of benzene rings is 1. The van der Waals surface area contributed by atoms with E-state index in [1.807, 2.05) is 0 Å². The molecular weight excluding hydrogens is 335 g/mol. The number of halogens is 3. The van der Waals surface area contributed by atoms with Crippen molar-refractivity contribution in [3.8, 4) is 0 Å². The van der Waals surface area contributed by atoms with E-state index in [1.54, 1.807) is 25.1 Å². The molecule has 0 bridgehead atoms. The van der Waals surface area contributed by atoms with Crippen molar-refractivity contribution in [1.82, 2.24) is 9.38 Å². The van der Waals surface area contributed by atoms with Gasteiger partial charge in [0.15, 0.2) is 0 Å². The second-order valence-electron chi connectivity index (χ2n) is 5.34. The lowest BCUT2D eigenvalue weighted by molar-refractivity contribution is -0.137. The number of aromatic nitrogens is 2. The van der Waals surface area contributed by atoms with Crippen LogP contribution in [0.1, 0.15) is 21.6 Å². The van der Waals surface area contributed by atoms with E-state index in [0.29, 0.717) is 11.3 Å². The van der Waals surface area contributed by atoms with Gasteiger partial charge in [-0.1, -0.05) is 6.07 Å². The molecule has 3 aromatic rings. The zero-order valence-corrected chi connectivity index (χ0v) is 13.0. The average Bonchev–Trinajstić information content (AvgIpc) is 2.58. The average molecular weight is 347 g/mol. The van der Waals surface area contributed by atoms with Crippen molar-refractivity contribution in [2.24, 2.45) is 0 Å². The number of carbonyl (C=O) groups excluding carboxylic acids is 1. The van der Waals surface area contributed by atoms with Gasteiger partial charge in [-0.25, -0.2) is 4.98 Å². The molecule has 5 nitrogen and oxygen atoms in total. The number of amides is 1. The third-order valence-electron chi connectivity index (χ3n) is 3.63. The second kappa shape index (κ2) is 6.04. The van der Waals surface area contributed by atoms with Gasteiger partial charge in [0.05, 0.1) is 11.3 Å². The molecule has 1 aromatic carbocycles. The Labute approximate surface area is 139 Å². The molecule has 2 aromatic heterocycles. The Hall–Kier alpha value is -3.16. The molecule has 0 aliphatic rings. The summed E-state index contributed by atoms with van der Waals surface area (Å²) in [5.74, 6) is -0.688. The van der Waals surface area contributed by atoms with Gasteiger partial charge in [-0.3, -0.25) is 14.0 Å². The van der Waals surface area contributed by atoms with Gasteiger partial charge >= 0.3 is 6.18 Å². The Bertz CT molecular complexity index is 1010. The minimum atomic E-state index is -4.48. The van der Waals surface area contributed by atoms with Crippen LogP contribution in [0.4, 0.5) is 18.9 Å². The third kappa shape index (κ3) is 3.23. The van der Waals surface area contributed by atoms with Gasteiger partial charge in [-0.05, 0) is 43.3 Å². The molecule has 0 saturated carbocycles. The van der Waals surface area contributed by atoms with Crippen molar-refractivity contribution in [3.63, 3.8) is 0 Å². The van der Waals surface area contributed by atoms with Crippen molar-refractivity contribution in [1.29, 1.82) is 0 Å². The van der Waals surface area contributed by atoms with E-state index in [9.17, 15) is 22.8 Å². The van der Waals surface area contributed by atoms with Crippen LogP contribution in [0.15, 0.2) is 53.5 Å². The van der Waals surface area contributed by atoms with Crippen LogP contribution in [0.5, 0.6) is 0 Å². The summed E-state index contributed by atoms with van der Waals surface area (Å²) in [5, 5.41) is 2.43. The molecule has 0 saturated heterocycles. The van der Waals surface area contributed by atoms with Gasteiger partial charge in [0.1, 0.15) is 11.3 Å². The first-order valence-corrected chi connectivity index (χ1v) is 7.24. The predicted molar refractivity (Wildman–Crippen MR) is 85.6 cm³/mol. The number of carbonyl (C=O) groups is 1. The molecule has 2 heterocycles. The minimum Gasteiger partial charge on any atom is -0.316 e. The number of rotatable bonds is 2. The van der Waals surface area contributed by atoms with Gasteiger partial charge < -0.3 is 5.32 Å². The molecule has 1 N–H and O–H groups in total. The van der Waals surface area contributed by atoms with Crippen LogP contribution in [0.2, 0.25) is 0 Å². The summed E-state index contributed by atoms with van der Waals surface area (Å²) in [6.45, 7) is 1.57. The number of pyridine rings is 1. The molecule has 8 heteroatoms. The quantitative estimate of drug-likeness (QED) is 0.774. The summed E-state index contributed by atoms with van der Waals surface area (Å²) < 4.78 is 39.0. The van der Waals surface area contributed by atoms with Crippen molar-refractivity contribution < 1.29 is 18.0 Å². The van der Waals surface area contributed by atoms with Gasteiger partial charge in [0.2, 0.25) is 0 Å². The number of alkyl halides is 3. The fourth-order valence-electron chi connectivity index (χ4n) is 2.34. The van der Waals surface area contributed by atoms with Crippen LogP contribution in [-0.2, 0) is 6.18 Å². The maximum Gasteiger partial charge on any atom is 0.416 e. The number of aryl methyl sites for hydroxylation is 1. The first-order valence-electron chi connectivity index (χ1n) is 7.24. The lowest BCUT2D eigenvalue weighted by Gasteiger charge is -2.10. The monoisotopic (exact) mass is 347 g/mol. The Morgan fingerprint density at radius 1 is 1.12 bits per heavy atom. The van der Waals surface area contributed by atoms with E-state index in [4.69, 9.17) is 0 Å². The summed E-state index contributed by atoms with van der Waals surface area (Å²) in [6.07, 6.45) is -2.97. The Kier molecular flexibility index (Phi) is 4.03. The first kappa shape index (κ1) is 16.7. The number of anilines is 1. The molecule has 0 fully saturated rings. The standard InChI is InChI=1S/C17H12F3N3O2/c1-10-14(16(25)23-9-3-2-4-13(23)21-10)22-15(24)11-5-7-12(8-6-11)17(18,19)20/h2-9H,1H3,(H,22,24). The fraction of sp³-hybridized carbons (Fsp3) is 0.118. The topological polar surface area (TPSA) is 63.5 Å². The summed E-state index contributed by atoms with van der Waals surface area (Å²) in [5.41, 5.74) is -0.594. The smallest absolute Gasteiger partial charge is 0.316 e. The van der Waals surface area contributed by atoms with Crippen LogP contribution in [0.25, 0.3) is 5.65 Å².